The van der Waals surface area contributed by atoms with Crippen molar-refractivity contribution in [2.75, 3.05) is 23.3 Å². The van der Waals surface area contributed by atoms with Gasteiger partial charge < -0.3 is 10.2 Å². The maximum Gasteiger partial charge on any atom is 0.235 e. The van der Waals surface area contributed by atoms with E-state index in [1.807, 2.05) is 18.2 Å². The van der Waals surface area contributed by atoms with E-state index in [1.54, 1.807) is 10.8 Å². The Morgan fingerprint density at radius 3 is 2.78 bits per heavy atom. The molecule has 4 heterocycles. The zero-order valence-corrected chi connectivity index (χ0v) is 14.9. The molecule has 1 saturated carbocycles. The minimum absolute atomic E-state index is 0.143. The second-order valence-electron chi connectivity index (χ2n) is 7.90. The molecule has 1 amide bonds. The van der Waals surface area contributed by atoms with Gasteiger partial charge in [-0.15, -0.1) is 10.2 Å². The summed E-state index contributed by atoms with van der Waals surface area (Å²) in [5, 5.41) is 16.1. The van der Waals surface area contributed by atoms with Crippen LogP contribution in [0.5, 0.6) is 0 Å². The first-order valence-electron chi connectivity index (χ1n) is 9.61. The molecule has 2 aliphatic heterocycles. The average Bonchev–Trinajstić information content (AvgIpc) is 3.38. The molecule has 1 saturated heterocycles. The highest BCUT2D eigenvalue weighted by Crippen LogP contribution is 2.46. The van der Waals surface area contributed by atoms with E-state index in [2.05, 4.69) is 37.6 Å². The predicted octanol–water partition coefficient (Wildman–Crippen LogP) is 2.49. The number of hydrogen-bond acceptors (Lipinski definition) is 5. The lowest BCUT2D eigenvalue weighted by Gasteiger charge is -2.39. The summed E-state index contributed by atoms with van der Waals surface area (Å²) in [7, 11) is 0. The number of hydrogen-bond donors (Lipinski definition) is 1. The number of fused-ring (bicyclic) bond motifs is 3. The van der Waals surface area contributed by atoms with Crippen LogP contribution in [0.25, 0.3) is 5.65 Å². The second-order valence-corrected chi connectivity index (χ2v) is 7.90. The summed E-state index contributed by atoms with van der Waals surface area (Å²) in [6.45, 7) is 1.64. The minimum Gasteiger partial charge on any atom is -0.368 e. The van der Waals surface area contributed by atoms with Gasteiger partial charge in [0.25, 0.3) is 0 Å². The first kappa shape index (κ1) is 15.1. The zero-order valence-electron chi connectivity index (χ0n) is 14.9. The van der Waals surface area contributed by atoms with Gasteiger partial charge in [-0.3, -0.25) is 4.79 Å². The van der Waals surface area contributed by atoms with Crippen molar-refractivity contribution in [3.63, 3.8) is 0 Å². The predicted molar refractivity (Wildman–Crippen MR) is 101 cm³/mol. The molecule has 1 spiro atoms. The quantitative estimate of drug-likeness (QED) is 0.760. The van der Waals surface area contributed by atoms with Crippen molar-refractivity contribution in [3.05, 3.63) is 47.9 Å². The van der Waals surface area contributed by atoms with Gasteiger partial charge in [0.15, 0.2) is 0 Å². The third-order valence-electron chi connectivity index (χ3n) is 6.35. The van der Waals surface area contributed by atoms with Crippen LogP contribution in [0.2, 0.25) is 0 Å². The number of para-hydroxylation sites is 1. The maximum atomic E-state index is 12.8. The average molecular weight is 360 g/mol. The highest BCUT2D eigenvalue weighted by atomic mass is 16.2. The van der Waals surface area contributed by atoms with Crippen molar-refractivity contribution < 1.29 is 4.79 Å². The molecule has 7 heteroatoms. The topological polar surface area (TPSA) is 75.4 Å². The highest BCUT2D eigenvalue weighted by Gasteiger charge is 2.48. The molecule has 0 unspecified atom stereocenters. The summed E-state index contributed by atoms with van der Waals surface area (Å²) in [6, 6.07) is 10.3. The summed E-state index contributed by atoms with van der Waals surface area (Å²) in [5.41, 5.74) is 4.73. The van der Waals surface area contributed by atoms with Crippen molar-refractivity contribution in [1.29, 1.82) is 0 Å². The van der Waals surface area contributed by atoms with Gasteiger partial charge in [-0.05, 0) is 43.4 Å². The van der Waals surface area contributed by atoms with E-state index >= 15 is 0 Å². The first-order chi connectivity index (χ1) is 13.2. The first-order valence-corrected chi connectivity index (χ1v) is 9.61. The number of carbonyl (C=O) groups is 1. The van der Waals surface area contributed by atoms with Gasteiger partial charge in [0.2, 0.25) is 11.6 Å². The number of rotatable bonds is 2. The van der Waals surface area contributed by atoms with E-state index in [4.69, 9.17) is 0 Å². The van der Waals surface area contributed by atoms with Crippen LogP contribution < -0.4 is 10.2 Å². The SMILES string of the molecule is O=C1Nc2ccccc2C12CCN(c1cc(C3CC3)nn3cnnc13)CC2. The smallest absolute Gasteiger partial charge is 0.235 e. The molecule has 0 radical (unpaired) electrons. The van der Waals surface area contributed by atoms with Gasteiger partial charge in [0.05, 0.1) is 16.8 Å². The molecule has 3 aromatic rings. The molecule has 6 rings (SSSR count). The lowest BCUT2D eigenvalue weighted by molar-refractivity contribution is -0.121. The summed E-state index contributed by atoms with van der Waals surface area (Å²) in [6.07, 6.45) is 5.70. The van der Waals surface area contributed by atoms with Crippen LogP contribution in [-0.4, -0.2) is 38.8 Å². The molecule has 1 aliphatic carbocycles. The highest BCUT2D eigenvalue weighted by molar-refractivity contribution is 6.06. The monoisotopic (exact) mass is 360 g/mol. The van der Waals surface area contributed by atoms with E-state index < -0.39 is 5.41 Å². The molecule has 2 fully saturated rings. The van der Waals surface area contributed by atoms with Crippen molar-refractivity contribution in [1.82, 2.24) is 19.8 Å². The molecule has 1 aromatic carbocycles. The Bertz CT molecular complexity index is 1060. The lowest BCUT2D eigenvalue weighted by Crippen LogP contribution is -2.46. The fraction of sp³-hybridized carbons (Fsp3) is 0.400. The fourth-order valence-electron chi connectivity index (χ4n) is 4.64. The summed E-state index contributed by atoms with van der Waals surface area (Å²) in [4.78, 5) is 15.2. The maximum absolute atomic E-state index is 12.8. The number of piperidine rings is 1. The molecule has 7 nitrogen and oxygen atoms in total. The summed E-state index contributed by atoms with van der Waals surface area (Å²) < 4.78 is 1.80. The Labute approximate surface area is 156 Å². The number of anilines is 2. The van der Waals surface area contributed by atoms with E-state index in [0.29, 0.717) is 5.92 Å². The number of benzene rings is 1. The van der Waals surface area contributed by atoms with E-state index in [1.165, 1.54) is 12.8 Å². The Balaban J connectivity index is 1.35. The number of nitrogens with one attached hydrogen (secondary N) is 1. The number of carbonyl (C=O) groups excluding carboxylic acids is 1. The van der Waals surface area contributed by atoms with Gasteiger partial charge in [0, 0.05) is 24.7 Å². The van der Waals surface area contributed by atoms with Crippen LogP contribution in [0.15, 0.2) is 36.7 Å². The van der Waals surface area contributed by atoms with Crippen LogP contribution in [0, 0.1) is 0 Å². The Morgan fingerprint density at radius 2 is 1.96 bits per heavy atom. The Kier molecular flexibility index (Phi) is 2.96. The molecule has 2 aromatic heterocycles. The van der Waals surface area contributed by atoms with Crippen LogP contribution in [0.4, 0.5) is 11.4 Å². The second kappa shape index (κ2) is 5.28. The third kappa shape index (κ3) is 2.14. The molecular formula is C20H20N6O. The molecule has 0 atom stereocenters. The van der Waals surface area contributed by atoms with Gasteiger partial charge in [0.1, 0.15) is 6.33 Å². The van der Waals surface area contributed by atoms with Crippen LogP contribution in [0.3, 0.4) is 0 Å². The van der Waals surface area contributed by atoms with E-state index in [-0.39, 0.29) is 5.91 Å². The van der Waals surface area contributed by atoms with Gasteiger partial charge >= 0.3 is 0 Å². The van der Waals surface area contributed by atoms with Crippen molar-refractivity contribution in [2.24, 2.45) is 0 Å². The van der Waals surface area contributed by atoms with Crippen molar-refractivity contribution in [3.8, 4) is 0 Å². The third-order valence-corrected chi connectivity index (χ3v) is 6.35. The standard InChI is InChI=1S/C20H20N6O/c27-19-20(14-3-1-2-4-15(14)22-19)7-9-25(10-8-20)17-11-16(13-5-6-13)24-26-12-21-23-18(17)26/h1-4,11-13H,5-10H2,(H,22,27). The molecule has 136 valence electrons. The summed E-state index contributed by atoms with van der Waals surface area (Å²) in [5.74, 6) is 0.712. The minimum atomic E-state index is -0.399. The Morgan fingerprint density at radius 1 is 1.15 bits per heavy atom. The van der Waals surface area contributed by atoms with Crippen LogP contribution in [-0.2, 0) is 10.2 Å². The number of aromatic nitrogens is 4. The van der Waals surface area contributed by atoms with Gasteiger partial charge in [-0.2, -0.15) is 9.61 Å². The lowest BCUT2D eigenvalue weighted by atomic mass is 9.73. The normalized spacial score (nSPS) is 20.9. The van der Waals surface area contributed by atoms with Gasteiger partial charge in [-0.25, -0.2) is 0 Å². The van der Waals surface area contributed by atoms with E-state index in [9.17, 15) is 4.79 Å². The Hall–Kier alpha value is -2.96. The molecule has 3 aliphatic rings. The number of nitrogens with zero attached hydrogens (tertiary/aromatic N) is 5. The molecule has 0 bridgehead atoms. The molecular weight excluding hydrogens is 340 g/mol. The van der Waals surface area contributed by atoms with Crippen molar-refractivity contribution in [2.45, 2.75) is 37.0 Å². The van der Waals surface area contributed by atoms with Crippen molar-refractivity contribution >= 4 is 22.9 Å². The van der Waals surface area contributed by atoms with Crippen LogP contribution in [0.1, 0.15) is 42.9 Å². The summed E-state index contributed by atoms with van der Waals surface area (Å²) >= 11 is 0. The van der Waals surface area contributed by atoms with Crippen LogP contribution >= 0.6 is 0 Å². The zero-order chi connectivity index (χ0) is 18.0. The molecule has 27 heavy (non-hydrogen) atoms. The largest absolute Gasteiger partial charge is 0.368 e. The molecule has 1 N–H and O–H groups in total. The van der Waals surface area contributed by atoms with Gasteiger partial charge in [-0.1, -0.05) is 18.2 Å². The fourth-order valence-corrected chi connectivity index (χ4v) is 4.64. The number of amides is 1. The van der Waals surface area contributed by atoms with E-state index in [0.717, 1.165) is 54.2 Å².